The third kappa shape index (κ3) is 4.16. The van der Waals surface area contributed by atoms with Crippen LogP contribution >= 0.6 is 0 Å². The summed E-state index contributed by atoms with van der Waals surface area (Å²) in [6, 6.07) is 19.7. The Kier molecular flexibility index (Phi) is 5.75. The lowest BCUT2D eigenvalue weighted by Gasteiger charge is -2.13. The van der Waals surface area contributed by atoms with E-state index in [1.165, 1.54) is 0 Å². The van der Waals surface area contributed by atoms with Crippen LogP contribution in [0.5, 0.6) is 0 Å². The third-order valence-corrected chi connectivity index (χ3v) is 4.61. The van der Waals surface area contributed by atoms with Gasteiger partial charge < -0.3 is 14.6 Å². The highest BCUT2D eigenvalue weighted by Gasteiger charge is 2.24. The number of carbonyl (C=O) groups is 1. The van der Waals surface area contributed by atoms with E-state index in [-0.39, 0.29) is 12.3 Å². The Bertz CT molecular complexity index is 1230. The van der Waals surface area contributed by atoms with Crippen molar-refractivity contribution in [1.82, 2.24) is 19.9 Å². The molecule has 0 fully saturated rings. The second-order valence-corrected chi connectivity index (χ2v) is 7.13. The Balaban J connectivity index is 2.07. The Labute approximate surface area is 180 Å². The van der Waals surface area contributed by atoms with E-state index in [9.17, 15) is 4.79 Å². The Hall–Kier alpha value is -4.00. The summed E-state index contributed by atoms with van der Waals surface area (Å²) in [4.78, 5) is 31.6. The highest BCUT2D eigenvalue weighted by Crippen LogP contribution is 2.38. The summed E-state index contributed by atoms with van der Waals surface area (Å²) >= 11 is 0. The third-order valence-electron chi connectivity index (χ3n) is 4.61. The maximum Gasteiger partial charge on any atom is 0.359 e. The van der Waals surface area contributed by atoms with Crippen molar-refractivity contribution in [2.75, 3.05) is 20.7 Å². The molecule has 2 aromatic heterocycles. The van der Waals surface area contributed by atoms with Crippen LogP contribution in [-0.4, -0.2) is 52.9 Å². The van der Waals surface area contributed by atoms with Crippen molar-refractivity contribution in [3.05, 3.63) is 66.4 Å². The maximum absolute atomic E-state index is 12.8. The number of esters is 1. The minimum absolute atomic E-state index is 0.189. The van der Waals surface area contributed by atoms with Gasteiger partial charge in [0, 0.05) is 25.2 Å². The second-order valence-electron chi connectivity index (χ2n) is 7.13. The first kappa shape index (κ1) is 20.3. The van der Waals surface area contributed by atoms with E-state index in [2.05, 4.69) is 9.98 Å². The number of imidazole rings is 1. The first-order chi connectivity index (χ1) is 15.1. The molecule has 156 valence electrons. The second kappa shape index (κ2) is 8.79. The molecule has 7 heteroatoms. The van der Waals surface area contributed by atoms with E-state index in [0.29, 0.717) is 22.7 Å². The molecule has 0 saturated heterocycles. The topological polar surface area (TPSA) is 83.5 Å². The summed E-state index contributed by atoms with van der Waals surface area (Å²) in [5.41, 5.74) is 4.64. The van der Waals surface area contributed by atoms with E-state index >= 15 is 0 Å². The quantitative estimate of drug-likeness (QED) is 0.282. The first-order valence-corrected chi connectivity index (χ1v) is 10.0. The molecule has 4 rings (SSSR count). The molecule has 4 aromatic rings. The molecule has 0 unspecified atom stereocenters. The number of aromatic nitrogens is 3. The number of aromatic amines is 1. The number of nitrogens with zero attached hydrogens (tertiary/aromatic N) is 4. The van der Waals surface area contributed by atoms with Crippen LogP contribution in [0.1, 0.15) is 17.4 Å². The van der Waals surface area contributed by atoms with Crippen LogP contribution < -0.4 is 0 Å². The number of carbonyl (C=O) groups excluding carboxylic acids is 1. The molecule has 1 N–H and O–H groups in total. The van der Waals surface area contributed by atoms with Gasteiger partial charge in [-0.3, -0.25) is 0 Å². The highest BCUT2D eigenvalue weighted by atomic mass is 16.5. The Morgan fingerprint density at radius 2 is 1.68 bits per heavy atom. The fourth-order valence-corrected chi connectivity index (χ4v) is 3.31. The van der Waals surface area contributed by atoms with Crippen LogP contribution in [0.3, 0.4) is 0 Å². The van der Waals surface area contributed by atoms with Crippen molar-refractivity contribution in [2.45, 2.75) is 6.92 Å². The predicted molar refractivity (Wildman–Crippen MR) is 123 cm³/mol. The van der Waals surface area contributed by atoms with Crippen molar-refractivity contribution < 1.29 is 9.53 Å². The predicted octanol–water partition coefficient (Wildman–Crippen LogP) is 4.69. The summed E-state index contributed by atoms with van der Waals surface area (Å²) in [7, 11) is 3.75. The van der Waals surface area contributed by atoms with Gasteiger partial charge in [-0.05, 0) is 12.5 Å². The molecule has 0 aliphatic rings. The lowest BCUT2D eigenvalue weighted by Crippen LogP contribution is -2.09. The van der Waals surface area contributed by atoms with Gasteiger partial charge in [-0.2, -0.15) is 0 Å². The van der Waals surface area contributed by atoms with Crippen LogP contribution in [0, 0.1) is 0 Å². The molecule has 2 heterocycles. The van der Waals surface area contributed by atoms with Gasteiger partial charge >= 0.3 is 5.97 Å². The van der Waals surface area contributed by atoms with Crippen LogP contribution in [0.4, 0.5) is 5.95 Å². The van der Waals surface area contributed by atoms with Crippen molar-refractivity contribution >= 4 is 29.3 Å². The van der Waals surface area contributed by atoms with Crippen LogP contribution in [0.15, 0.2) is 65.7 Å². The van der Waals surface area contributed by atoms with Gasteiger partial charge in [-0.15, -0.1) is 0 Å². The van der Waals surface area contributed by atoms with E-state index in [1.807, 2.05) is 79.7 Å². The standard InChI is InChI=1S/C24H23N5O2/c1-4-31-23(30)22-21-20(27-24(28-21)25-15-29(2)3)18(16-11-7-5-8-12-16)19(26-22)17-13-9-6-10-14-17/h5-15H,4H2,1-3H3,(H,27,28)/b25-15+. The summed E-state index contributed by atoms with van der Waals surface area (Å²) < 4.78 is 5.28. The molecule has 7 nitrogen and oxygen atoms in total. The zero-order valence-corrected chi connectivity index (χ0v) is 17.7. The van der Waals surface area contributed by atoms with Gasteiger partial charge in [0.05, 0.1) is 18.6 Å². The zero-order valence-electron chi connectivity index (χ0n) is 17.7. The Morgan fingerprint density at radius 3 is 2.29 bits per heavy atom. The van der Waals surface area contributed by atoms with Gasteiger partial charge in [0.1, 0.15) is 11.0 Å². The van der Waals surface area contributed by atoms with Gasteiger partial charge in [-0.25, -0.2) is 19.8 Å². The van der Waals surface area contributed by atoms with Gasteiger partial charge in [0.15, 0.2) is 5.69 Å². The average Bonchev–Trinajstić information content (AvgIpc) is 3.22. The molecule has 2 aromatic carbocycles. The zero-order chi connectivity index (χ0) is 21.8. The van der Waals surface area contributed by atoms with E-state index in [4.69, 9.17) is 14.7 Å². The number of aliphatic imine (C=N–C) groups is 1. The van der Waals surface area contributed by atoms with Crippen molar-refractivity contribution in [3.8, 4) is 22.4 Å². The largest absolute Gasteiger partial charge is 0.461 e. The SMILES string of the molecule is CCOC(=O)c1nc(-c2ccccc2)c(-c2ccccc2)c2nc(/N=C/N(C)C)[nH]c12. The molecule has 0 spiro atoms. The van der Waals surface area contributed by atoms with Crippen LogP contribution in [0.2, 0.25) is 0 Å². The lowest BCUT2D eigenvalue weighted by atomic mass is 9.97. The highest BCUT2D eigenvalue weighted by molar-refractivity contribution is 6.08. The summed E-state index contributed by atoms with van der Waals surface area (Å²) in [6.45, 7) is 2.02. The fourth-order valence-electron chi connectivity index (χ4n) is 3.31. The molecule has 0 atom stereocenters. The van der Waals surface area contributed by atoms with E-state index < -0.39 is 5.97 Å². The minimum Gasteiger partial charge on any atom is -0.461 e. The van der Waals surface area contributed by atoms with Crippen molar-refractivity contribution in [1.29, 1.82) is 0 Å². The van der Waals surface area contributed by atoms with Crippen molar-refractivity contribution in [2.24, 2.45) is 4.99 Å². The van der Waals surface area contributed by atoms with Gasteiger partial charge in [-0.1, -0.05) is 60.7 Å². The first-order valence-electron chi connectivity index (χ1n) is 10.0. The molecular weight excluding hydrogens is 390 g/mol. The smallest absolute Gasteiger partial charge is 0.359 e. The van der Waals surface area contributed by atoms with Gasteiger partial charge in [0.2, 0.25) is 5.95 Å². The number of pyridine rings is 1. The summed E-state index contributed by atoms with van der Waals surface area (Å²) in [5.74, 6) is -0.116. The fraction of sp³-hybridized carbons (Fsp3) is 0.167. The van der Waals surface area contributed by atoms with Crippen LogP contribution in [0.25, 0.3) is 33.4 Å². The number of ether oxygens (including phenoxy) is 1. The molecule has 0 radical (unpaired) electrons. The van der Waals surface area contributed by atoms with Crippen molar-refractivity contribution in [3.63, 3.8) is 0 Å². The minimum atomic E-state index is -0.504. The van der Waals surface area contributed by atoms with Crippen LogP contribution in [-0.2, 0) is 4.74 Å². The number of hydrogen-bond donors (Lipinski definition) is 1. The number of benzene rings is 2. The molecule has 0 bridgehead atoms. The summed E-state index contributed by atoms with van der Waals surface area (Å²) in [5, 5.41) is 0. The number of nitrogens with one attached hydrogen (secondary N) is 1. The van der Waals surface area contributed by atoms with Gasteiger partial charge in [0.25, 0.3) is 0 Å². The number of hydrogen-bond acceptors (Lipinski definition) is 5. The molecule has 0 aliphatic heterocycles. The monoisotopic (exact) mass is 413 g/mol. The maximum atomic E-state index is 12.8. The molecule has 0 aliphatic carbocycles. The molecule has 31 heavy (non-hydrogen) atoms. The molecule has 0 saturated carbocycles. The Morgan fingerprint density at radius 1 is 1.03 bits per heavy atom. The summed E-state index contributed by atoms with van der Waals surface area (Å²) in [6.07, 6.45) is 1.65. The number of fused-ring (bicyclic) bond motifs is 1. The molecular formula is C24H23N5O2. The number of H-pyrrole nitrogens is 1. The van der Waals surface area contributed by atoms with E-state index in [1.54, 1.807) is 13.3 Å². The average molecular weight is 413 g/mol. The lowest BCUT2D eigenvalue weighted by molar-refractivity contribution is 0.0522. The molecule has 0 amide bonds. The van der Waals surface area contributed by atoms with E-state index in [0.717, 1.165) is 16.7 Å². The normalized spacial score (nSPS) is 11.2. The number of rotatable bonds is 6.